The lowest BCUT2D eigenvalue weighted by Crippen LogP contribution is -2.12. The Balaban J connectivity index is 1.55. The van der Waals surface area contributed by atoms with Gasteiger partial charge in [0, 0.05) is 17.3 Å². The summed E-state index contributed by atoms with van der Waals surface area (Å²) >= 11 is 0. The van der Waals surface area contributed by atoms with Crippen LogP contribution < -0.4 is 4.72 Å². The molecule has 5 rings (SSSR count). The molecule has 35 heavy (non-hydrogen) atoms. The molecule has 5 aromatic carbocycles. The molecule has 4 N–H and O–H groups in total. The highest BCUT2D eigenvalue weighted by Gasteiger charge is 2.16. The van der Waals surface area contributed by atoms with Crippen molar-refractivity contribution in [2.75, 3.05) is 4.72 Å². The van der Waals surface area contributed by atoms with Gasteiger partial charge in [-0.2, -0.15) is 0 Å². The minimum Gasteiger partial charge on any atom is -0.508 e. The molecule has 0 amide bonds. The van der Waals surface area contributed by atoms with Crippen LogP contribution >= 0.6 is 0 Å². The van der Waals surface area contributed by atoms with Crippen molar-refractivity contribution in [3.05, 3.63) is 103 Å². The summed E-state index contributed by atoms with van der Waals surface area (Å²) in [6.07, 6.45) is 0. The number of anilines is 1. The van der Waals surface area contributed by atoms with Crippen molar-refractivity contribution < 1.29 is 23.7 Å². The highest BCUT2D eigenvalue weighted by molar-refractivity contribution is 7.92. The van der Waals surface area contributed by atoms with Crippen LogP contribution in [0.3, 0.4) is 0 Å². The first-order valence-electron chi connectivity index (χ1n) is 10.8. The van der Waals surface area contributed by atoms with Crippen molar-refractivity contribution in [2.45, 2.75) is 4.90 Å². The lowest BCUT2D eigenvalue weighted by Gasteiger charge is -2.13. The SMILES string of the molecule is O=S(=O)(Nc1cccc(-c2c(O)ccc3cc(-c4cccc(O)c4)ccc23)c1)c1cccc(O)c1. The second-order valence-electron chi connectivity index (χ2n) is 8.13. The summed E-state index contributed by atoms with van der Waals surface area (Å²) in [6.45, 7) is 0. The van der Waals surface area contributed by atoms with Crippen LogP contribution in [-0.4, -0.2) is 23.7 Å². The third kappa shape index (κ3) is 4.49. The second-order valence-corrected chi connectivity index (χ2v) is 9.81. The van der Waals surface area contributed by atoms with Gasteiger partial charge in [0.05, 0.1) is 4.90 Å². The number of phenols is 3. The van der Waals surface area contributed by atoms with Gasteiger partial charge in [0.2, 0.25) is 0 Å². The van der Waals surface area contributed by atoms with E-state index in [0.717, 1.165) is 21.9 Å². The van der Waals surface area contributed by atoms with E-state index < -0.39 is 10.0 Å². The van der Waals surface area contributed by atoms with Gasteiger partial charge in [-0.25, -0.2) is 8.42 Å². The normalized spacial score (nSPS) is 11.4. The van der Waals surface area contributed by atoms with Gasteiger partial charge in [0.25, 0.3) is 10.0 Å². The Hall–Kier alpha value is -4.49. The van der Waals surface area contributed by atoms with Crippen LogP contribution in [0, 0.1) is 0 Å². The van der Waals surface area contributed by atoms with E-state index in [0.29, 0.717) is 16.8 Å². The maximum absolute atomic E-state index is 12.8. The van der Waals surface area contributed by atoms with Gasteiger partial charge in [0.1, 0.15) is 17.2 Å². The molecule has 6 nitrogen and oxygen atoms in total. The van der Waals surface area contributed by atoms with E-state index in [-0.39, 0.29) is 22.1 Å². The summed E-state index contributed by atoms with van der Waals surface area (Å²) in [5, 5.41) is 31.8. The zero-order valence-corrected chi connectivity index (χ0v) is 19.2. The Labute approximate surface area is 202 Å². The van der Waals surface area contributed by atoms with Gasteiger partial charge in [-0.05, 0) is 76.0 Å². The van der Waals surface area contributed by atoms with E-state index in [9.17, 15) is 23.7 Å². The van der Waals surface area contributed by atoms with Gasteiger partial charge in [-0.1, -0.05) is 48.5 Å². The molecule has 0 radical (unpaired) electrons. The van der Waals surface area contributed by atoms with E-state index in [1.807, 2.05) is 30.3 Å². The lowest BCUT2D eigenvalue weighted by atomic mass is 9.94. The highest BCUT2D eigenvalue weighted by Crippen LogP contribution is 2.39. The average molecular weight is 484 g/mol. The first-order valence-corrected chi connectivity index (χ1v) is 12.3. The Bertz CT molecular complexity index is 1680. The molecule has 0 aliphatic rings. The molecule has 174 valence electrons. The third-order valence-corrected chi connectivity index (χ3v) is 7.09. The van der Waals surface area contributed by atoms with Crippen molar-refractivity contribution >= 4 is 26.5 Å². The van der Waals surface area contributed by atoms with Crippen molar-refractivity contribution in [2.24, 2.45) is 0 Å². The molecule has 0 bridgehead atoms. The van der Waals surface area contributed by atoms with Crippen LogP contribution in [0.2, 0.25) is 0 Å². The van der Waals surface area contributed by atoms with E-state index in [4.69, 9.17) is 0 Å². The third-order valence-electron chi connectivity index (χ3n) is 5.71. The Morgan fingerprint density at radius 2 is 1.29 bits per heavy atom. The van der Waals surface area contributed by atoms with Crippen LogP contribution in [0.25, 0.3) is 33.0 Å². The van der Waals surface area contributed by atoms with E-state index >= 15 is 0 Å². The van der Waals surface area contributed by atoms with Gasteiger partial charge >= 0.3 is 0 Å². The average Bonchev–Trinajstić information content (AvgIpc) is 2.83. The molecule has 0 aliphatic carbocycles. The maximum Gasteiger partial charge on any atom is 0.262 e. The molecule has 0 aromatic heterocycles. The summed E-state index contributed by atoms with van der Waals surface area (Å²) in [5.74, 6) is 0.0990. The number of hydrogen-bond acceptors (Lipinski definition) is 5. The fourth-order valence-corrected chi connectivity index (χ4v) is 5.18. The molecule has 0 unspecified atom stereocenters. The molecule has 0 fully saturated rings. The molecule has 0 atom stereocenters. The van der Waals surface area contributed by atoms with E-state index in [2.05, 4.69) is 4.72 Å². The second kappa shape index (κ2) is 8.70. The number of rotatable bonds is 5. The summed E-state index contributed by atoms with van der Waals surface area (Å²) in [4.78, 5) is -0.0598. The van der Waals surface area contributed by atoms with Crippen LogP contribution in [-0.2, 0) is 10.0 Å². The van der Waals surface area contributed by atoms with Gasteiger partial charge in [-0.15, -0.1) is 0 Å². The standard InChI is InChI=1S/C28H21NO5S/c30-23-7-2-4-18(16-23)19-10-12-26-20(14-19)11-13-27(32)28(26)21-5-1-6-22(15-21)29-35(33,34)25-9-3-8-24(31)17-25/h1-17,29-32H. The number of hydrogen-bond donors (Lipinski definition) is 4. The minimum absolute atomic E-state index is 0.0598. The molecule has 7 heteroatoms. The molecule has 5 aromatic rings. The number of nitrogens with one attached hydrogen (secondary N) is 1. The summed E-state index contributed by atoms with van der Waals surface area (Å²) in [7, 11) is -3.92. The smallest absolute Gasteiger partial charge is 0.262 e. The maximum atomic E-state index is 12.8. The van der Waals surface area contributed by atoms with E-state index in [1.165, 1.54) is 24.3 Å². The zero-order chi connectivity index (χ0) is 24.6. The Morgan fingerprint density at radius 3 is 2.06 bits per heavy atom. The van der Waals surface area contributed by atoms with Crippen LogP contribution in [0.5, 0.6) is 17.2 Å². The first kappa shape index (κ1) is 22.3. The van der Waals surface area contributed by atoms with Gasteiger partial charge in [0.15, 0.2) is 0 Å². The summed E-state index contributed by atoms with van der Waals surface area (Å²) < 4.78 is 28.1. The highest BCUT2D eigenvalue weighted by atomic mass is 32.2. The van der Waals surface area contributed by atoms with Crippen molar-refractivity contribution in [1.82, 2.24) is 0 Å². The van der Waals surface area contributed by atoms with Gasteiger partial charge in [-0.3, -0.25) is 4.72 Å². The van der Waals surface area contributed by atoms with Crippen molar-refractivity contribution in [3.63, 3.8) is 0 Å². The predicted octanol–water partition coefficient (Wildman–Crippen LogP) is 6.09. The molecule has 0 heterocycles. The lowest BCUT2D eigenvalue weighted by molar-refractivity contribution is 0.473. The number of phenolic OH excluding ortho intramolecular Hbond substituents is 3. The summed E-state index contributed by atoms with van der Waals surface area (Å²) in [5.41, 5.74) is 3.30. The van der Waals surface area contributed by atoms with Crippen LogP contribution in [0.1, 0.15) is 0 Å². The van der Waals surface area contributed by atoms with E-state index in [1.54, 1.807) is 48.5 Å². The fraction of sp³-hybridized carbons (Fsp3) is 0. The van der Waals surface area contributed by atoms with Crippen molar-refractivity contribution in [1.29, 1.82) is 0 Å². The molecule has 0 spiro atoms. The van der Waals surface area contributed by atoms with Crippen LogP contribution in [0.15, 0.2) is 108 Å². The molecule has 0 aliphatic heterocycles. The number of benzene rings is 5. The summed E-state index contributed by atoms with van der Waals surface area (Å²) in [6, 6.07) is 28.4. The zero-order valence-electron chi connectivity index (χ0n) is 18.4. The van der Waals surface area contributed by atoms with Crippen molar-refractivity contribution in [3.8, 4) is 39.5 Å². The predicted molar refractivity (Wildman–Crippen MR) is 137 cm³/mol. The Kier molecular flexibility index (Phi) is 5.55. The molecule has 0 saturated carbocycles. The minimum atomic E-state index is -3.92. The number of aromatic hydroxyl groups is 3. The fourth-order valence-electron chi connectivity index (χ4n) is 4.09. The molecular weight excluding hydrogens is 462 g/mol. The van der Waals surface area contributed by atoms with Gasteiger partial charge < -0.3 is 15.3 Å². The Morgan fingerprint density at radius 1 is 0.600 bits per heavy atom. The molecular formula is C28H21NO5S. The topological polar surface area (TPSA) is 107 Å². The monoisotopic (exact) mass is 483 g/mol. The molecule has 0 saturated heterocycles. The quantitative estimate of drug-likeness (QED) is 0.242. The van der Waals surface area contributed by atoms with Crippen LogP contribution in [0.4, 0.5) is 5.69 Å². The number of fused-ring (bicyclic) bond motifs is 1. The largest absolute Gasteiger partial charge is 0.508 e. The number of sulfonamides is 1. The first-order chi connectivity index (χ1) is 16.8.